The lowest BCUT2D eigenvalue weighted by Crippen LogP contribution is -2.06. The molecule has 1 aromatic carbocycles. The van der Waals surface area contributed by atoms with Crippen molar-refractivity contribution in [2.24, 2.45) is 0 Å². The summed E-state index contributed by atoms with van der Waals surface area (Å²) in [6.45, 7) is 0.439. The Morgan fingerprint density at radius 1 is 1.38 bits per heavy atom. The molecule has 4 heteroatoms. The minimum Gasteiger partial charge on any atom is -0.496 e. The maximum atomic E-state index is 11.2. The van der Waals surface area contributed by atoms with Crippen LogP contribution in [0.2, 0.25) is 0 Å². The zero-order chi connectivity index (χ0) is 11.8. The molecule has 3 nitrogen and oxygen atoms in total. The number of ether oxygens (including phenoxy) is 2. The summed E-state index contributed by atoms with van der Waals surface area (Å²) in [6.07, 6.45) is 1.42. The summed E-state index contributed by atoms with van der Waals surface area (Å²) in [4.78, 5) is 11.2. The van der Waals surface area contributed by atoms with Gasteiger partial charge in [-0.25, -0.2) is 4.79 Å². The zero-order valence-corrected chi connectivity index (χ0v) is 10.6. The predicted molar refractivity (Wildman–Crippen MR) is 65.1 cm³/mol. The van der Waals surface area contributed by atoms with Crippen LogP contribution in [0, 0.1) is 0 Å². The predicted octanol–water partition coefficient (Wildman–Crippen LogP) is 2.66. The second-order valence-electron chi connectivity index (χ2n) is 3.06. The monoisotopic (exact) mass is 284 g/mol. The molecule has 0 atom stereocenters. The van der Waals surface area contributed by atoms with Crippen molar-refractivity contribution in [3.8, 4) is 0 Å². The van der Waals surface area contributed by atoms with Crippen molar-refractivity contribution in [2.75, 3.05) is 12.4 Å². The van der Waals surface area contributed by atoms with E-state index in [1.54, 1.807) is 0 Å². The van der Waals surface area contributed by atoms with Gasteiger partial charge in [-0.3, -0.25) is 0 Å². The van der Waals surface area contributed by atoms with E-state index in [-0.39, 0.29) is 5.97 Å². The number of rotatable bonds is 5. The summed E-state index contributed by atoms with van der Waals surface area (Å²) in [5, 5.41) is 0.411. The van der Waals surface area contributed by atoms with Crippen LogP contribution < -0.4 is 0 Å². The third kappa shape index (κ3) is 4.06. The molecule has 0 unspecified atom stereocenters. The van der Waals surface area contributed by atoms with Gasteiger partial charge in [-0.05, 0) is 5.56 Å². The molecule has 86 valence electrons. The van der Waals surface area contributed by atoms with Crippen LogP contribution in [0.3, 0.4) is 0 Å². The standard InChI is InChI=1S/C12H13BrO3/c1-15-12(14)11(7-13)9-16-8-10-5-3-2-4-6-10/h2-6,9H,7-8H2,1H3/b11-9-. The van der Waals surface area contributed by atoms with Gasteiger partial charge in [-0.2, -0.15) is 0 Å². The second kappa shape index (κ2) is 7.06. The fourth-order valence-corrected chi connectivity index (χ4v) is 1.44. The molecule has 0 aromatic heterocycles. The summed E-state index contributed by atoms with van der Waals surface area (Å²) in [6, 6.07) is 9.74. The van der Waals surface area contributed by atoms with Gasteiger partial charge < -0.3 is 9.47 Å². The molecule has 0 N–H and O–H groups in total. The van der Waals surface area contributed by atoms with Crippen molar-refractivity contribution in [3.05, 3.63) is 47.7 Å². The van der Waals surface area contributed by atoms with E-state index < -0.39 is 0 Å². The number of esters is 1. The average molecular weight is 285 g/mol. The van der Waals surface area contributed by atoms with E-state index >= 15 is 0 Å². The zero-order valence-electron chi connectivity index (χ0n) is 8.98. The van der Waals surface area contributed by atoms with Gasteiger partial charge in [0, 0.05) is 5.33 Å². The number of alkyl halides is 1. The van der Waals surface area contributed by atoms with Gasteiger partial charge >= 0.3 is 5.97 Å². The molecule has 0 fully saturated rings. The first kappa shape index (κ1) is 12.8. The number of carbonyl (C=O) groups is 1. The van der Waals surface area contributed by atoms with E-state index in [1.807, 2.05) is 30.3 Å². The third-order valence-electron chi connectivity index (χ3n) is 1.91. The Morgan fingerprint density at radius 2 is 2.06 bits per heavy atom. The minimum atomic E-state index is -0.384. The number of hydrogen-bond donors (Lipinski definition) is 0. The van der Waals surface area contributed by atoms with Crippen LogP contribution in [-0.4, -0.2) is 18.4 Å². The molecular formula is C12H13BrO3. The smallest absolute Gasteiger partial charge is 0.337 e. The minimum absolute atomic E-state index is 0.384. The quantitative estimate of drug-likeness (QED) is 0.361. The van der Waals surface area contributed by atoms with Gasteiger partial charge in [0.25, 0.3) is 0 Å². The van der Waals surface area contributed by atoms with Crippen molar-refractivity contribution in [2.45, 2.75) is 6.61 Å². The molecule has 0 aliphatic rings. The van der Waals surface area contributed by atoms with Gasteiger partial charge in [-0.15, -0.1) is 0 Å². The molecule has 1 aromatic rings. The molecule has 0 spiro atoms. The van der Waals surface area contributed by atoms with E-state index in [0.717, 1.165) is 5.56 Å². The number of methoxy groups -OCH3 is 1. The van der Waals surface area contributed by atoms with Crippen LogP contribution in [-0.2, 0) is 20.9 Å². The molecule has 1 rings (SSSR count). The summed E-state index contributed by atoms with van der Waals surface area (Å²) in [5.74, 6) is -0.384. The largest absolute Gasteiger partial charge is 0.496 e. The number of carbonyl (C=O) groups excluding carboxylic acids is 1. The number of halogens is 1. The molecule has 0 saturated carbocycles. The van der Waals surface area contributed by atoms with Crippen molar-refractivity contribution in [1.29, 1.82) is 0 Å². The van der Waals surface area contributed by atoms with Crippen molar-refractivity contribution >= 4 is 21.9 Å². The fraction of sp³-hybridized carbons (Fsp3) is 0.250. The Bertz CT molecular complexity index is 360. The van der Waals surface area contributed by atoms with Crippen LogP contribution in [0.15, 0.2) is 42.2 Å². The van der Waals surface area contributed by atoms with Crippen LogP contribution >= 0.6 is 15.9 Å². The van der Waals surface area contributed by atoms with Crippen LogP contribution in [0.4, 0.5) is 0 Å². The lowest BCUT2D eigenvalue weighted by molar-refractivity contribution is -0.136. The van der Waals surface area contributed by atoms with Crippen molar-refractivity contribution in [3.63, 3.8) is 0 Å². The van der Waals surface area contributed by atoms with Crippen LogP contribution in [0.5, 0.6) is 0 Å². The van der Waals surface area contributed by atoms with E-state index in [0.29, 0.717) is 17.5 Å². The molecule has 0 aliphatic heterocycles. The lowest BCUT2D eigenvalue weighted by atomic mass is 10.2. The second-order valence-corrected chi connectivity index (χ2v) is 3.63. The first-order chi connectivity index (χ1) is 7.77. The van der Waals surface area contributed by atoms with Crippen LogP contribution in [0.25, 0.3) is 0 Å². The lowest BCUT2D eigenvalue weighted by Gasteiger charge is -2.04. The number of hydrogen-bond acceptors (Lipinski definition) is 3. The molecule has 0 heterocycles. The first-order valence-electron chi connectivity index (χ1n) is 4.76. The topological polar surface area (TPSA) is 35.5 Å². The normalized spacial score (nSPS) is 11.0. The molecule has 0 amide bonds. The highest BCUT2D eigenvalue weighted by Crippen LogP contribution is 2.05. The first-order valence-corrected chi connectivity index (χ1v) is 5.89. The summed E-state index contributed by atoms with van der Waals surface area (Å²) in [7, 11) is 1.34. The van der Waals surface area contributed by atoms with Crippen LogP contribution in [0.1, 0.15) is 5.56 Å². The number of benzene rings is 1. The van der Waals surface area contributed by atoms with E-state index in [2.05, 4.69) is 20.7 Å². The fourth-order valence-electron chi connectivity index (χ4n) is 1.08. The van der Waals surface area contributed by atoms with Gasteiger partial charge in [0.05, 0.1) is 18.9 Å². The SMILES string of the molecule is COC(=O)/C(=C\OCc1ccccc1)CBr. The summed E-state index contributed by atoms with van der Waals surface area (Å²) < 4.78 is 9.89. The third-order valence-corrected chi connectivity index (χ3v) is 2.51. The van der Waals surface area contributed by atoms with Crippen molar-refractivity contribution in [1.82, 2.24) is 0 Å². The Kier molecular flexibility index (Phi) is 5.64. The molecule has 0 saturated heterocycles. The molecule has 0 aliphatic carbocycles. The Labute approximate surface area is 103 Å². The molecule has 0 radical (unpaired) electrons. The summed E-state index contributed by atoms with van der Waals surface area (Å²) >= 11 is 3.19. The van der Waals surface area contributed by atoms with Gasteiger partial charge in [-0.1, -0.05) is 46.3 Å². The highest BCUT2D eigenvalue weighted by molar-refractivity contribution is 9.09. The van der Waals surface area contributed by atoms with Crippen molar-refractivity contribution < 1.29 is 14.3 Å². The summed E-state index contributed by atoms with van der Waals surface area (Å²) in [5.41, 5.74) is 1.51. The van der Waals surface area contributed by atoms with E-state index in [1.165, 1.54) is 13.4 Å². The van der Waals surface area contributed by atoms with E-state index in [4.69, 9.17) is 4.74 Å². The Balaban J connectivity index is 2.49. The van der Waals surface area contributed by atoms with Gasteiger partial charge in [0.15, 0.2) is 0 Å². The average Bonchev–Trinajstić information content (AvgIpc) is 2.35. The van der Waals surface area contributed by atoms with E-state index in [9.17, 15) is 4.79 Å². The Morgan fingerprint density at radius 3 is 2.62 bits per heavy atom. The molecular weight excluding hydrogens is 272 g/mol. The Hall–Kier alpha value is -1.29. The highest BCUT2D eigenvalue weighted by Gasteiger charge is 2.07. The molecule has 0 bridgehead atoms. The van der Waals surface area contributed by atoms with Gasteiger partial charge in [0.1, 0.15) is 6.61 Å². The maximum absolute atomic E-state index is 11.2. The molecule has 16 heavy (non-hydrogen) atoms. The van der Waals surface area contributed by atoms with Gasteiger partial charge in [0.2, 0.25) is 0 Å². The maximum Gasteiger partial charge on any atom is 0.337 e. The highest BCUT2D eigenvalue weighted by atomic mass is 79.9.